The van der Waals surface area contributed by atoms with Crippen molar-refractivity contribution >= 4 is 9.84 Å². The molecule has 3 aromatic rings. The number of benzene rings is 2. The molecule has 9 heteroatoms. The van der Waals surface area contributed by atoms with Crippen LogP contribution < -0.4 is 4.74 Å². The highest BCUT2D eigenvalue weighted by Gasteiger charge is 2.19. The highest BCUT2D eigenvalue weighted by molar-refractivity contribution is 7.90. The summed E-state index contributed by atoms with van der Waals surface area (Å²) in [6.45, 7) is 0. The highest BCUT2D eigenvalue weighted by atomic mass is 32.2. The number of methoxy groups -OCH3 is 1. The summed E-state index contributed by atoms with van der Waals surface area (Å²) in [4.78, 5) is 0.0990. The number of nitrogens with zero attached hydrogens (tertiary/aromatic N) is 2. The summed E-state index contributed by atoms with van der Waals surface area (Å²) >= 11 is 0. The largest absolute Gasteiger partial charge is 0.494 e. The minimum atomic E-state index is -3.39. The Bertz CT molecular complexity index is 1080. The number of rotatable bonds is 5. The molecule has 1 aromatic heterocycles. The predicted molar refractivity (Wildman–Crippen MR) is 93.6 cm³/mol. The fraction of sp³-hybridized carbons (Fsp3) is 0.167. The Morgan fingerprint density at radius 3 is 2.26 bits per heavy atom. The van der Waals surface area contributed by atoms with E-state index in [1.807, 2.05) is 0 Å². The van der Waals surface area contributed by atoms with Gasteiger partial charge in [-0.1, -0.05) is 12.1 Å². The van der Waals surface area contributed by atoms with Crippen LogP contribution in [0.4, 0.5) is 13.2 Å². The monoisotopic (exact) mass is 396 g/mol. The van der Waals surface area contributed by atoms with E-state index in [1.165, 1.54) is 54.3 Å². The molecule has 142 valence electrons. The van der Waals surface area contributed by atoms with Gasteiger partial charge >= 0.3 is 0 Å². The SMILES string of the molecule is COc1ccc(-n2nc(C(F)F)cc2-c2ccc(S(C)(=O)=O)cc2)cc1F. The van der Waals surface area contributed by atoms with E-state index in [0.717, 1.165) is 12.3 Å². The molecule has 3 rings (SSSR count). The summed E-state index contributed by atoms with van der Waals surface area (Å²) in [6.07, 6.45) is -1.75. The molecule has 0 aliphatic carbocycles. The third-order valence-corrected chi connectivity index (χ3v) is 5.04. The third kappa shape index (κ3) is 3.82. The lowest BCUT2D eigenvalue weighted by Crippen LogP contribution is -2.02. The topological polar surface area (TPSA) is 61.2 Å². The minimum absolute atomic E-state index is 0.0130. The van der Waals surface area contributed by atoms with Crippen LogP contribution in [-0.2, 0) is 9.84 Å². The quantitative estimate of drug-likeness (QED) is 0.653. The van der Waals surface area contributed by atoms with Crippen LogP contribution in [-0.4, -0.2) is 31.6 Å². The Kier molecular flexibility index (Phi) is 4.97. The molecule has 0 aliphatic rings. The standard InChI is InChI=1S/C18H15F3N2O3S/c1-26-17-8-5-12(9-14(17)19)23-16(10-15(22-23)18(20)21)11-3-6-13(7-4-11)27(2,24)25/h3-10,18H,1-2H3. The number of hydrogen-bond acceptors (Lipinski definition) is 4. The molecule has 0 spiro atoms. The van der Waals surface area contributed by atoms with Crippen LogP contribution in [0.25, 0.3) is 16.9 Å². The zero-order valence-corrected chi connectivity index (χ0v) is 15.2. The van der Waals surface area contributed by atoms with E-state index in [0.29, 0.717) is 5.56 Å². The molecule has 0 amide bonds. The summed E-state index contributed by atoms with van der Waals surface area (Å²) < 4.78 is 69.6. The first-order valence-electron chi connectivity index (χ1n) is 7.73. The normalized spacial score (nSPS) is 11.8. The van der Waals surface area contributed by atoms with Gasteiger partial charge in [-0.15, -0.1) is 0 Å². The summed E-state index contributed by atoms with van der Waals surface area (Å²) in [6, 6.07) is 10.9. The number of halogens is 3. The first-order valence-corrected chi connectivity index (χ1v) is 9.62. The van der Waals surface area contributed by atoms with E-state index < -0.39 is 27.8 Å². The van der Waals surface area contributed by atoms with Gasteiger partial charge in [0, 0.05) is 17.9 Å². The lowest BCUT2D eigenvalue weighted by atomic mass is 10.1. The fourth-order valence-corrected chi connectivity index (χ4v) is 3.20. The number of sulfone groups is 1. The van der Waals surface area contributed by atoms with Gasteiger partial charge in [0.25, 0.3) is 6.43 Å². The Hall–Kier alpha value is -2.81. The van der Waals surface area contributed by atoms with Crippen LogP contribution in [0.2, 0.25) is 0 Å². The van der Waals surface area contributed by atoms with E-state index in [-0.39, 0.29) is 22.0 Å². The zero-order chi connectivity index (χ0) is 19.8. The van der Waals surface area contributed by atoms with Gasteiger partial charge in [0.2, 0.25) is 0 Å². The number of hydrogen-bond donors (Lipinski definition) is 0. The first-order chi connectivity index (χ1) is 12.7. The predicted octanol–water partition coefficient (Wildman–Crippen LogP) is 4.03. The van der Waals surface area contributed by atoms with Crippen molar-refractivity contribution in [2.24, 2.45) is 0 Å². The Labute approximate surface area is 153 Å². The molecule has 0 radical (unpaired) electrons. The summed E-state index contributed by atoms with van der Waals surface area (Å²) in [7, 11) is -2.08. The van der Waals surface area contributed by atoms with E-state index in [2.05, 4.69) is 5.10 Å². The van der Waals surface area contributed by atoms with Gasteiger partial charge in [-0.2, -0.15) is 5.10 Å². The maximum atomic E-state index is 14.0. The Morgan fingerprint density at radius 1 is 1.07 bits per heavy atom. The molecule has 0 saturated carbocycles. The van der Waals surface area contributed by atoms with Crippen LogP contribution in [0, 0.1) is 5.82 Å². The second-order valence-corrected chi connectivity index (χ2v) is 7.80. The Balaban J connectivity index is 2.14. The van der Waals surface area contributed by atoms with Crippen LogP contribution in [0.15, 0.2) is 53.4 Å². The van der Waals surface area contributed by atoms with Gasteiger partial charge in [0.15, 0.2) is 21.4 Å². The smallest absolute Gasteiger partial charge is 0.282 e. The van der Waals surface area contributed by atoms with Crippen molar-refractivity contribution in [3.05, 3.63) is 60.0 Å². The van der Waals surface area contributed by atoms with E-state index in [4.69, 9.17) is 4.74 Å². The van der Waals surface area contributed by atoms with Crippen LogP contribution in [0.1, 0.15) is 12.1 Å². The van der Waals surface area contributed by atoms with E-state index in [9.17, 15) is 21.6 Å². The van der Waals surface area contributed by atoms with Crippen molar-refractivity contribution in [2.75, 3.05) is 13.4 Å². The number of alkyl halides is 2. The average molecular weight is 396 g/mol. The molecule has 0 atom stereocenters. The zero-order valence-electron chi connectivity index (χ0n) is 14.4. The van der Waals surface area contributed by atoms with Crippen molar-refractivity contribution in [1.82, 2.24) is 9.78 Å². The molecule has 0 saturated heterocycles. The molecule has 0 bridgehead atoms. The maximum Gasteiger partial charge on any atom is 0.282 e. The second kappa shape index (κ2) is 7.07. The molecule has 27 heavy (non-hydrogen) atoms. The van der Waals surface area contributed by atoms with E-state index in [1.54, 1.807) is 0 Å². The number of ether oxygens (including phenoxy) is 1. The van der Waals surface area contributed by atoms with Crippen molar-refractivity contribution in [3.8, 4) is 22.7 Å². The molecule has 1 heterocycles. The Morgan fingerprint density at radius 2 is 1.74 bits per heavy atom. The van der Waals surface area contributed by atoms with Crippen molar-refractivity contribution in [1.29, 1.82) is 0 Å². The molecule has 0 aliphatic heterocycles. The van der Waals surface area contributed by atoms with Crippen LogP contribution in [0.3, 0.4) is 0 Å². The maximum absolute atomic E-state index is 14.0. The van der Waals surface area contributed by atoms with Gasteiger partial charge in [-0.3, -0.25) is 0 Å². The second-order valence-electron chi connectivity index (χ2n) is 5.78. The molecule has 5 nitrogen and oxygen atoms in total. The van der Waals surface area contributed by atoms with Gasteiger partial charge < -0.3 is 4.74 Å². The summed E-state index contributed by atoms with van der Waals surface area (Å²) in [5.41, 5.74) is 0.476. The lowest BCUT2D eigenvalue weighted by Gasteiger charge is -2.10. The fourth-order valence-electron chi connectivity index (χ4n) is 2.57. The minimum Gasteiger partial charge on any atom is -0.494 e. The van der Waals surface area contributed by atoms with Crippen molar-refractivity contribution in [2.45, 2.75) is 11.3 Å². The van der Waals surface area contributed by atoms with Crippen LogP contribution >= 0.6 is 0 Å². The third-order valence-electron chi connectivity index (χ3n) is 3.91. The van der Waals surface area contributed by atoms with E-state index >= 15 is 0 Å². The molecule has 0 unspecified atom stereocenters. The summed E-state index contributed by atoms with van der Waals surface area (Å²) in [5.74, 6) is -0.651. The molecule has 0 fully saturated rings. The average Bonchev–Trinajstić information content (AvgIpc) is 3.06. The van der Waals surface area contributed by atoms with Crippen LogP contribution in [0.5, 0.6) is 5.75 Å². The van der Waals surface area contributed by atoms with Gasteiger partial charge in [0.1, 0.15) is 5.69 Å². The van der Waals surface area contributed by atoms with Crippen molar-refractivity contribution in [3.63, 3.8) is 0 Å². The number of aromatic nitrogens is 2. The summed E-state index contributed by atoms with van der Waals surface area (Å²) in [5, 5.41) is 3.87. The van der Waals surface area contributed by atoms with Crippen molar-refractivity contribution < 1.29 is 26.3 Å². The molecular weight excluding hydrogens is 381 g/mol. The highest BCUT2D eigenvalue weighted by Crippen LogP contribution is 2.30. The van der Waals surface area contributed by atoms with Gasteiger partial charge in [-0.05, 0) is 30.3 Å². The lowest BCUT2D eigenvalue weighted by molar-refractivity contribution is 0.145. The first kappa shape index (κ1) is 19.0. The molecular formula is C18H15F3N2O3S. The molecule has 0 N–H and O–H groups in total. The van der Waals surface area contributed by atoms with Gasteiger partial charge in [-0.25, -0.2) is 26.3 Å². The van der Waals surface area contributed by atoms with Gasteiger partial charge in [0.05, 0.1) is 23.4 Å². The molecule has 2 aromatic carbocycles.